The number of allylic oxidation sites excluding steroid dienone is 6. The van der Waals surface area contributed by atoms with E-state index in [1.165, 1.54) is 16.7 Å². The average molecular weight is 489 g/mol. The van der Waals surface area contributed by atoms with Crippen molar-refractivity contribution >= 4 is 11.6 Å². The number of benzene rings is 1. The van der Waals surface area contributed by atoms with Crippen LogP contribution in [-0.4, -0.2) is 30.4 Å². The van der Waals surface area contributed by atoms with Crippen molar-refractivity contribution in [2.45, 2.75) is 78.4 Å². The number of ketones is 2. The Hall–Kier alpha value is -2.46. The maximum atomic E-state index is 13.4. The van der Waals surface area contributed by atoms with Crippen molar-refractivity contribution in [1.29, 1.82) is 0 Å². The van der Waals surface area contributed by atoms with E-state index in [1.54, 1.807) is 20.1 Å². The van der Waals surface area contributed by atoms with Gasteiger partial charge in [-0.2, -0.15) is 0 Å². The molecule has 36 heavy (non-hydrogen) atoms. The molecule has 0 aromatic heterocycles. The standard InChI is InChI=1S/C32H40O4/c1-20-17-26-27(30(4)14-11-24(34)19-29(20)30)12-15-31(5)28(26)13-16-32(31,22(3)33)36-21(2)18-23-7-9-25(35-6)10-8-23/h7-11,14,17,19,21,26-28H,12-13,15-16,18H2,1-6H3. The highest BCUT2D eigenvalue weighted by molar-refractivity contribution is 6.02. The van der Waals surface area contributed by atoms with Gasteiger partial charge in [0.25, 0.3) is 0 Å². The zero-order valence-corrected chi connectivity index (χ0v) is 22.6. The lowest BCUT2D eigenvalue weighted by atomic mass is 9.48. The van der Waals surface area contributed by atoms with E-state index >= 15 is 0 Å². The molecule has 0 N–H and O–H groups in total. The van der Waals surface area contributed by atoms with Gasteiger partial charge >= 0.3 is 0 Å². The van der Waals surface area contributed by atoms with Gasteiger partial charge in [-0.15, -0.1) is 0 Å². The number of hydrogen-bond acceptors (Lipinski definition) is 4. The summed E-state index contributed by atoms with van der Waals surface area (Å²) < 4.78 is 12.2. The molecule has 4 nitrogen and oxygen atoms in total. The largest absolute Gasteiger partial charge is 0.497 e. The van der Waals surface area contributed by atoms with E-state index in [-0.39, 0.29) is 28.5 Å². The molecule has 5 rings (SSSR count). The highest BCUT2D eigenvalue weighted by atomic mass is 16.5. The molecule has 2 fully saturated rings. The Balaban J connectivity index is 1.44. The highest BCUT2D eigenvalue weighted by Crippen LogP contribution is 2.67. The predicted molar refractivity (Wildman–Crippen MR) is 142 cm³/mol. The third kappa shape index (κ3) is 3.67. The van der Waals surface area contributed by atoms with E-state index in [4.69, 9.17) is 9.47 Å². The third-order valence-corrected chi connectivity index (χ3v) is 10.2. The van der Waals surface area contributed by atoms with Gasteiger partial charge in [0.15, 0.2) is 11.6 Å². The summed E-state index contributed by atoms with van der Waals surface area (Å²) in [4.78, 5) is 25.6. The lowest BCUT2D eigenvalue weighted by molar-refractivity contribution is -0.183. The zero-order valence-electron chi connectivity index (χ0n) is 22.6. The number of carbonyl (C=O) groups excluding carboxylic acids is 2. The van der Waals surface area contributed by atoms with Crippen molar-refractivity contribution in [1.82, 2.24) is 0 Å². The molecule has 0 spiro atoms. The number of fused-ring (bicyclic) bond motifs is 5. The van der Waals surface area contributed by atoms with Gasteiger partial charge in [-0.1, -0.05) is 43.7 Å². The number of carbonyl (C=O) groups is 2. The summed E-state index contributed by atoms with van der Waals surface area (Å²) in [6, 6.07) is 8.11. The molecular weight excluding hydrogens is 448 g/mol. The van der Waals surface area contributed by atoms with E-state index in [0.717, 1.165) is 37.9 Å². The molecule has 4 heteroatoms. The van der Waals surface area contributed by atoms with Crippen molar-refractivity contribution < 1.29 is 19.1 Å². The van der Waals surface area contributed by atoms with Crippen LogP contribution in [0.4, 0.5) is 0 Å². The molecule has 7 unspecified atom stereocenters. The fourth-order valence-corrected chi connectivity index (χ4v) is 8.39. The second kappa shape index (κ2) is 8.83. The van der Waals surface area contributed by atoms with E-state index < -0.39 is 5.60 Å². The number of hydrogen-bond donors (Lipinski definition) is 0. The summed E-state index contributed by atoms with van der Waals surface area (Å²) in [6.07, 6.45) is 12.6. The Bertz CT molecular complexity index is 1160. The average Bonchev–Trinajstić information content (AvgIpc) is 3.14. The van der Waals surface area contributed by atoms with Gasteiger partial charge in [0.2, 0.25) is 0 Å². The first kappa shape index (κ1) is 25.2. The van der Waals surface area contributed by atoms with Crippen LogP contribution in [0, 0.1) is 28.6 Å². The number of ether oxygens (including phenoxy) is 2. The van der Waals surface area contributed by atoms with Crippen LogP contribution in [-0.2, 0) is 20.7 Å². The SMILES string of the molecule is COc1ccc(CC(C)OC2(C(C)=O)CCC3C4C=C(C)C5=CC(=O)C=CC5(C)C4CCC32C)cc1. The van der Waals surface area contributed by atoms with Gasteiger partial charge in [-0.05, 0) is 106 Å². The molecule has 0 bridgehead atoms. The molecule has 0 heterocycles. The molecule has 7 atom stereocenters. The smallest absolute Gasteiger partial charge is 0.178 e. The van der Waals surface area contributed by atoms with Crippen LogP contribution in [0.5, 0.6) is 5.75 Å². The first-order valence-electron chi connectivity index (χ1n) is 13.5. The van der Waals surface area contributed by atoms with E-state index in [9.17, 15) is 9.59 Å². The fraction of sp³-hybridized carbons (Fsp3) is 0.562. The summed E-state index contributed by atoms with van der Waals surface area (Å²) in [5.74, 6) is 2.30. The predicted octanol–water partition coefficient (Wildman–Crippen LogP) is 6.44. The maximum Gasteiger partial charge on any atom is 0.178 e. The minimum atomic E-state index is -0.758. The molecule has 4 aliphatic rings. The van der Waals surface area contributed by atoms with Crippen LogP contribution in [0.1, 0.15) is 65.9 Å². The Labute approximate surface area is 215 Å². The van der Waals surface area contributed by atoms with Gasteiger partial charge in [0.05, 0.1) is 13.2 Å². The first-order chi connectivity index (χ1) is 17.0. The van der Waals surface area contributed by atoms with Crippen LogP contribution < -0.4 is 4.74 Å². The Kier molecular flexibility index (Phi) is 6.18. The summed E-state index contributed by atoms with van der Waals surface area (Å²) in [6.45, 7) is 10.6. The monoisotopic (exact) mass is 488 g/mol. The quantitative estimate of drug-likeness (QED) is 0.462. The zero-order chi connectivity index (χ0) is 25.9. The summed E-state index contributed by atoms with van der Waals surface area (Å²) >= 11 is 0. The molecule has 0 radical (unpaired) electrons. The molecule has 0 saturated heterocycles. The molecular formula is C32H40O4. The molecule has 2 saturated carbocycles. The highest BCUT2D eigenvalue weighted by Gasteiger charge is 2.66. The molecule has 0 amide bonds. The van der Waals surface area contributed by atoms with Crippen molar-refractivity contribution in [3.8, 4) is 5.75 Å². The van der Waals surface area contributed by atoms with Gasteiger partial charge in [-0.25, -0.2) is 0 Å². The van der Waals surface area contributed by atoms with Crippen LogP contribution in [0.2, 0.25) is 0 Å². The minimum absolute atomic E-state index is 0.0708. The molecule has 0 aliphatic heterocycles. The number of methoxy groups -OCH3 is 1. The maximum absolute atomic E-state index is 13.4. The Morgan fingerprint density at radius 1 is 1.11 bits per heavy atom. The van der Waals surface area contributed by atoms with Crippen molar-refractivity contribution in [3.63, 3.8) is 0 Å². The molecule has 1 aromatic carbocycles. The topological polar surface area (TPSA) is 52.6 Å². The van der Waals surface area contributed by atoms with Gasteiger partial charge in [-0.3, -0.25) is 9.59 Å². The van der Waals surface area contributed by atoms with E-state index in [2.05, 4.69) is 52.0 Å². The second-order valence-electron chi connectivity index (χ2n) is 12.1. The molecule has 4 aliphatic carbocycles. The minimum Gasteiger partial charge on any atom is -0.497 e. The van der Waals surface area contributed by atoms with Crippen molar-refractivity contribution in [3.05, 3.63) is 65.3 Å². The summed E-state index contributed by atoms with van der Waals surface area (Å²) in [7, 11) is 1.67. The second-order valence-corrected chi connectivity index (χ2v) is 12.1. The molecule has 1 aromatic rings. The Morgan fingerprint density at radius 3 is 2.47 bits per heavy atom. The number of rotatable bonds is 6. The van der Waals surface area contributed by atoms with Crippen molar-refractivity contribution in [2.24, 2.45) is 28.6 Å². The van der Waals surface area contributed by atoms with Crippen LogP contribution in [0.25, 0.3) is 0 Å². The summed E-state index contributed by atoms with van der Waals surface area (Å²) in [5, 5.41) is 0. The van der Waals surface area contributed by atoms with Crippen LogP contribution >= 0.6 is 0 Å². The van der Waals surface area contributed by atoms with Crippen molar-refractivity contribution in [2.75, 3.05) is 7.11 Å². The summed E-state index contributed by atoms with van der Waals surface area (Å²) in [5.41, 5.74) is 2.49. The normalized spacial score (nSPS) is 37.8. The van der Waals surface area contributed by atoms with Crippen LogP contribution in [0.15, 0.2) is 59.7 Å². The first-order valence-corrected chi connectivity index (χ1v) is 13.5. The molecule has 192 valence electrons. The lowest BCUT2D eigenvalue weighted by Gasteiger charge is -2.57. The third-order valence-electron chi connectivity index (χ3n) is 10.2. The Morgan fingerprint density at radius 2 is 1.81 bits per heavy atom. The van der Waals surface area contributed by atoms with Crippen LogP contribution in [0.3, 0.4) is 0 Å². The lowest BCUT2D eigenvalue weighted by Crippen LogP contribution is -2.58. The number of Topliss-reactive ketones (excluding diaryl/α,β-unsaturated/α-hetero) is 1. The van der Waals surface area contributed by atoms with E-state index in [1.807, 2.05) is 18.2 Å². The van der Waals surface area contributed by atoms with Gasteiger partial charge < -0.3 is 9.47 Å². The van der Waals surface area contributed by atoms with Gasteiger partial charge in [0, 0.05) is 10.8 Å². The fourth-order valence-electron chi connectivity index (χ4n) is 8.39. The van der Waals surface area contributed by atoms with Gasteiger partial charge in [0.1, 0.15) is 11.4 Å². The van der Waals surface area contributed by atoms with E-state index in [0.29, 0.717) is 17.8 Å².